The van der Waals surface area contributed by atoms with Gasteiger partial charge >= 0.3 is 0 Å². The number of fused-ring (bicyclic) bond motifs is 1. The van der Waals surface area contributed by atoms with Crippen molar-refractivity contribution in [2.75, 3.05) is 37.7 Å². The lowest BCUT2D eigenvalue weighted by Gasteiger charge is -2.39. The molecular formula is C22H28F2N4O2. The van der Waals surface area contributed by atoms with Gasteiger partial charge < -0.3 is 19.9 Å². The van der Waals surface area contributed by atoms with Crippen LogP contribution in [0.25, 0.3) is 0 Å². The Balaban J connectivity index is 1.65. The average molecular weight is 418 g/mol. The number of para-hydroxylation sites is 1. The third kappa shape index (κ3) is 4.48. The van der Waals surface area contributed by atoms with Gasteiger partial charge in [-0.1, -0.05) is 18.2 Å². The number of anilines is 1. The molecule has 1 fully saturated rings. The topological polar surface area (TPSA) is 68.7 Å². The standard InChI is InChI=1S/C22H28F2N4O2/c23-21(24)10-15-9-16-3-1-2-4-20(16)28(11-15)22(25)18-12-27(14-29)7-5-19(18)26-17-6-8-30-13-17/h1-4,14-15,17,21,25-26H,5-13H2. The molecule has 1 aromatic rings. The van der Waals surface area contributed by atoms with E-state index in [1.165, 1.54) is 0 Å². The van der Waals surface area contributed by atoms with Crippen molar-refractivity contribution in [1.29, 1.82) is 5.41 Å². The van der Waals surface area contributed by atoms with Crippen molar-refractivity contribution in [3.63, 3.8) is 0 Å². The van der Waals surface area contributed by atoms with E-state index in [9.17, 15) is 13.6 Å². The maximum atomic E-state index is 13.1. The Hall–Kier alpha value is -2.48. The van der Waals surface area contributed by atoms with Crippen LogP contribution in [0.3, 0.4) is 0 Å². The van der Waals surface area contributed by atoms with Crippen LogP contribution in [0.1, 0.15) is 24.8 Å². The number of nitrogens with one attached hydrogen (secondary N) is 2. The summed E-state index contributed by atoms with van der Waals surface area (Å²) >= 11 is 0. The molecule has 4 rings (SSSR count). The minimum atomic E-state index is -2.37. The number of amides is 1. The second-order valence-electron chi connectivity index (χ2n) is 8.27. The van der Waals surface area contributed by atoms with Crippen LogP contribution in [0, 0.1) is 11.3 Å². The molecule has 1 aromatic carbocycles. The van der Waals surface area contributed by atoms with E-state index in [-0.39, 0.29) is 24.2 Å². The SMILES string of the molecule is N=C(C1=C(NC2CCOC2)CCN(C=O)C1)N1CC(CC(F)F)Cc2ccccc21. The van der Waals surface area contributed by atoms with Crippen LogP contribution in [-0.2, 0) is 16.0 Å². The largest absolute Gasteiger partial charge is 0.383 e. The Bertz CT molecular complexity index is 823. The zero-order valence-electron chi connectivity index (χ0n) is 16.9. The molecule has 0 spiro atoms. The van der Waals surface area contributed by atoms with Gasteiger partial charge in [0.25, 0.3) is 0 Å². The van der Waals surface area contributed by atoms with Crippen LogP contribution >= 0.6 is 0 Å². The number of ether oxygens (including phenoxy) is 1. The summed E-state index contributed by atoms with van der Waals surface area (Å²) in [6.07, 6.45) is 0.409. The molecule has 162 valence electrons. The fraction of sp³-hybridized carbons (Fsp3) is 0.545. The average Bonchev–Trinajstić information content (AvgIpc) is 3.25. The Kier molecular flexibility index (Phi) is 6.32. The number of nitrogens with zero attached hydrogens (tertiary/aromatic N) is 2. The Labute approximate surface area is 175 Å². The van der Waals surface area contributed by atoms with Crippen LogP contribution in [0.15, 0.2) is 35.5 Å². The fourth-order valence-corrected chi connectivity index (χ4v) is 4.61. The van der Waals surface area contributed by atoms with Crippen molar-refractivity contribution < 1.29 is 18.3 Å². The number of carbonyl (C=O) groups excluding carboxylic acids is 1. The third-order valence-electron chi connectivity index (χ3n) is 6.13. The summed E-state index contributed by atoms with van der Waals surface area (Å²) in [7, 11) is 0. The maximum absolute atomic E-state index is 13.1. The summed E-state index contributed by atoms with van der Waals surface area (Å²) in [4.78, 5) is 14.9. The summed E-state index contributed by atoms with van der Waals surface area (Å²) in [5.41, 5.74) is 3.60. The predicted molar refractivity (Wildman–Crippen MR) is 111 cm³/mol. The number of halogens is 2. The van der Waals surface area contributed by atoms with E-state index < -0.39 is 6.43 Å². The van der Waals surface area contributed by atoms with Crippen LogP contribution in [0.2, 0.25) is 0 Å². The minimum Gasteiger partial charge on any atom is -0.383 e. The molecule has 1 saturated heterocycles. The van der Waals surface area contributed by atoms with Crippen LogP contribution in [-0.4, -0.2) is 62.5 Å². The van der Waals surface area contributed by atoms with Gasteiger partial charge in [-0.25, -0.2) is 8.78 Å². The van der Waals surface area contributed by atoms with E-state index in [0.717, 1.165) is 35.4 Å². The first kappa shape index (κ1) is 20.8. The van der Waals surface area contributed by atoms with Crippen LogP contribution in [0.5, 0.6) is 0 Å². The molecule has 0 aliphatic carbocycles. The third-order valence-corrected chi connectivity index (χ3v) is 6.13. The van der Waals surface area contributed by atoms with Gasteiger partial charge in [0.05, 0.1) is 19.2 Å². The zero-order chi connectivity index (χ0) is 21.1. The summed E-state index contributed by atoms with van der Waals surface area (Å²) in [5.74, 6) is 0.0700. The Morgan fingerprint density at radius 1 is 1.37 bits per heavy atom. The first-order chi connectivity index (χ1) is 14.5. The molecule has 0 saturated carbocycles. The highest BCUT2D eigenvalue weighted by atomic mass is 19.3. The highest BCUT2D eigenvalue weighted by molar-refractivity contribution is 6.09. The van der Waals surface area contributed by atoms with Gasteiger partial charge in [-0.15, -0.1) is 0 Å². The molecule has 6 nitrogen and oxygen atoms in total. The molecular weight excluding hydrogens is 390 g/mol. The summed E-state index contributed by atoms with van der Waals surface area (Å²) in [5, 5.41) is 12.5. The maximum Gasteiger partial charge on any atom is 0.239 e. The fourth-order valence-electron chi connectivity index (χ4n) is 4.61. The van der Waals surface area contributed by atoms with Crippen LogP contribution in [0.4, 0.5) is 14.5 Å². The second-order valence-corrected chi connectivity index (χ2v) is 8.27. The molecule has 2 atom stereocenters. The number of alkyl halides is 2. The predicted octanol–water partition coefficient (Wildman–Crippen LogP) is 2.79. The van der Waals surface area contributed by atoms with E-state index in [1.807, 2.05) is 29.2 Å². The highest BCUT2D eigenvalue weighted by Crippen LogP contribution is 2.34. The van der Waals surface area contributed by atoms with Gasteiger partial charge in [0.15, 0.2) is 0 Å². The zero-order valence-corrected chi connectivity index (χ0v) is 16.9. The second kappa shape index (κ2) is 9.12. The minimum absolute atomic E-state index is 0.178. The van der Waals surface area contributed by atoms with Gasteiger partial charge in [-0.05, 0) is 30.4 Å². The van der Waals surface area contributed by atoms with Crippen molar-refractivity contribution in [3.05, 3.63) is 41.1 Å². The van der Waals surface area contributed by atoms with Gasteiger partial charge in [-0.2, -0.15) is 0 Å². The van der Waals surface area contributed by atoms with Gasteiger partial charge in [0.2, 0.25) is 12.8 Å². The highest BCUT2D eigenvalue weighted by Gasteiger charge is 2.32. The van der Waals surface area contributed by atoms with E-state index in [1.54, 1.807) is 4.90 Å². The molecule has 3 aliphatic rings. The summed E-state index contributed by atoms with van der Waals surface area (Å²) in [6.45, 7) is 2.67. The van der Waals surface area contributed by atoms with E-state index in [4.69, 9.17) is 10.1 Å². The number of hydrogen-bond acceptors (Lipinski definition) is 4. The Morgan fingerprint density at radius 2 is 2.20 bits per heavy atom. The molecule has 0 radical (unpaired) electrons. The van der Waals surface area contributed by atoms with Gasteiger partial charge in [0.1, 0.15) is 5.84 Å². The Morgan fingerprint density at radius 3 is 2.93 bits per heavy atom. The molecule has 30 heavy (non-hydrogen) atoms. The van der Waals surface area contributed by atoms with E-state index in [2.05, 4.69) is 5.32 Å². The lowest BCUT2D eigenvalue weighted by Crippen LogP contribution is -2.46. The lowest BCUT2D eigenvalue weighted by atomic mass is 9.89. The molecule has 1 amide bonds. The number of amidine groups is 1. The molecule has 0 bridgehead atoms. The van der Waals surface area contributed by atoms with Crippen LogP contribution < -0.4 is 10.2 Å². The van der Waals surface area contributed by atoms with Crippen molar-refractivity contribution in [2.24, 2.45) is 5.92 Å². The van der Waals surface area contributed by atoms with Gasteiger partial charge in [0, 0.05) is 49.5 Å². The van der Waals surface area contributed by atoms with E-state index >= 15 is 0 Å². The molecule has 2 N–H and O–H groups in total. The van der Waals surface area contributed by atoms with E-state index in [0.29, 0.717) is 45.7 Å². The molecule has 3 heterocycles. The summed E-state index contributed by atoms with van der Waals surface area (Å²) in [6, 6.07) is 7.92. The molecule has 0 aromatic heterocycles. The van der Waals surface area contributed by atoms with Crippen molar-refractivity contribution >= 4 is 17.9 Å². The lowest BCUT2D eigenvalue weighted by molar-refractivity contribution is -0.117. The smallest absolute Gasteiger partial charge is 0.239 e. The first-order valence-electron chi connectivity index (χ1n) is 10.5. The number of carbonyl (C=O) groups is 1. The number of rotatable bonds is 6. The van der Waals surface area contributed by atoms with Gasteiger partial charge in [-0.3, -0.25) is 10.2 Å². The quantitative estimate of drug-likeness (QED) is 0.424. The molecule has 2 unspecified atom stereocenters. The van der Waals surface area contributed by atoms with Crippen molar-refractivity contribution in [2.45, 2.75) is 38.2 Å². The monoisotopic (exact) mass is 418 g/mol. The van der Waals surface area contributed by atoms with Crippen molar-refractivity contribution in [3.8, 4) is 0 Å². The van der Waals surface area contributed by atoms with Crippen molar-refractivity contribution in [1.82, 2.24) is 10.2 Å². The normalized spacial score (nSPS) is 24.2. The first-order valence-corrected chi connectivity index (χ1v) is 10.5. The number of benzene rings is 1. The number of hydrogen-bond donors (Lipinski definition) is 2. The molecule has 8 heteroatoms. The molecule has 3 aliphatic heterocycles. The summed E-state index contributed by atoms with van der Waals surface area (Å²) < 4.78 is 31.7.